The van der Waals surface area contributed by atoms with Crippen LogP contribution in [-0.2, 0) is 10.3 Å². The normalized spacial score (nSPS) is 18.0. The summed E-state index contributed by atoms with van der Waals surface area (Å²) in [7, 11) is 0. The summed E-state index contributed by atoms with van der Waals surface area (Å²) >= 11 is 0. The van der Waals surface area contributed by atoms with Gasteiger partial charge in [-0.15, -0.1) is 0 Å². The van der Waals surface area contributed by atoms with Gasteiger partial charge in [0.2, 0.25) is 0 Å². The van der Waals surface area contributed by atoms with Crippen LogP contribution in [0.25, 0.3) is 0 Å². The van der Waals surface area contributed by atoms with E-state index in [1.807, 2.05) is 18.2 Å². The Hall–Kier alpha value is -1.88. The van der Waals surface area contributed by atoms with E-state index >= 15 is 0 Å². The molecule has 0 bridgehead atoms. The minimum atomic E-state index is -0.968. The van der Waals surface area contributed by atoms with Crippen LogP contribution in [0.1, 0.15) is 57.6 Å². The summed E-state index contributed by atoms with van der Waals surface area (Å²) in [5.74, 6) is 1.82. The zero-order valence-electron chi connectivity index (χ0n) is 20.3. The van der Waals surface area contributed by atoms with Gasteiger partial charge in [-0.2, -0.15) is 0 Å². The molecule has 4 nitrogen and oxygen atoms in total. The lowest BCUT2D eigenvalue weighted by Gasteiger charge is -2.42. The Balaban J connectivity index is 1.90. The molecule has 0 amide bonds. The van der Waals surface area contributed by atoms with Crippen LogP contribution >= 0.6 is 0 Å². The number of morpholine rings is 1. The average molecular weight is 440 g/mol. The van der Waals surface area contributed by atoms with Gasteiger partial charge in [0.25, 0.3) is 0 Å². The molecular weight excluding hydrogens is 398 g/mol. The van der Waals surface area contributed by atoms with E-state index < -0.39 is 5.60 Å². The monoisotopic (exact) mass is 439 g/mol. The molecule has 1 saturated heterocycles. The Morgan fingerprint density at radius 2 is 1.59 bits per heavy atom. The van der Waals surface area contributed by atoms with Crippen LogP contribution < -0.4 is 4.74 Å². The maximum Gasteiger partial charge on any atom is 0.119 e. The average Bonchev–Trinajstić information content (AvgIpc) is 2.78. The highest BCUT2D eigenvalue weighted by Crippen LogP contribution is 2.43. The van der Waals surface area contributed by atoms with Crippen molar-refractivity contribution in [3.05, 3.63) is 65.7 Å². The second kappa shape index (κ2) is 11.8. The minimum absolute atomic E-state index is 0.0306. The largest absolute Gasteiger partial charge is 0.494 e. The molecule has 1 fully saturated rings. The standard InChI is InChI=1S/C28H41NO3/c1-22(2)14-17-32-26-12-10-25(11-13-26)28(30,20-23(3)4)27(24-8-6-5-7-9-24)21-29-15-18-31-19-16-29/h5-13,22-23,27,30H,14-21H2,1-4H3/t27-,28-/m0/s1. The highest BCUT2D eigenvalue weighted by atomic mass is 16.5. The molecule has 176 valence electrons. The Labute approximate surface area is 194 Å². The lowest BCUT2D eigenvalue weighted by atomic mass is 9.72. The van der Waals surface area contributed by atoms with Crippen molar-refractivity contribution in [2.75, 3.05) is 39.5 Å². The van der Waals surface area contributed by atoms with Crippen LogP contribution in [0.4, 0.5) is 0 Å². The zero-order chi connectivity index (χ0) is 23.0. The molecule has 2 atom stereocenters. The van der Waals surface area contributed by atoms with Gasteiger partial charge in [-0.1, -0.05) is 70.2 Å². The van der Waals surface area contributed by atoms with Crippen molar-refractivity contribution in [1.82, 2.24) is 4.90 Å². The summed E-state index contributed by atoms with van der Waals surface area (Å²) < 4.78 is 11.5. The maximum absolute atomic E-state index is 12.3. The maximum atomic E-state index is 12.3. The van der Waals surface area contributed by atoms with Crippen LogP contribution in [0.15, 0.2) is 54.6 Å². The summed E-state index contributed by atoms with van der Waals surface area (Å²) in [4.78, 5) is 2.43. The smallest absolute Gasteiger partial charge is 0.119 e. The molecule has 32 heavy (non-hydrogen) atoms. The second-order valence-corrected chi connectivity index (χ2v) is 9.95. The van der Waals surface area contributed by atoms with E-state index in [4.69, 9.17) is 9.47 Å². The van der Waals surface area contributed by atoms with Crippen LogP contribution in [-0.4, -0.2) is 49.5 Å². The molecule has 0 aromatic heterocycles. The lowest BCUT2D eigenvalue weighted by Crippen LogP contribution is -2.45. The Kier molecular flexibility index (Phi) is 9.15. The van der Waals surface area contributed by atoms with E-state index in [1.54, 1.807) is 0 Å². The predicted molar refractivity (Wildman–Crippen MR) is 131 cm³/mol. The second-order valence-electron chi connectivity index (χ2n) is 9.95. The highest BCUT2D eigenvalue weighted by molar-refractivity contribution is 5.35. The molecule has 0 saturated carbocycles. The number of ether oxygens (including phenoxy) is 2. The Morgan fingerprint density at radius 1 is 0.938 bits per heavy atom. The molecule has 1 aliphatic rings. The van der Waals surface area contributed by atoms with E-state index in [2.05, 4.69) is 69.0 Å². The highest BCUT2D eigenvalue weighted by Gasteiger charge is 2.41. The molecule has 0 radical (unpaired) electrons. The molecular formula is C28H41NO3. The third-order valence-corrected chi connectivity index (χ3v) is 6.36. The van der Waals surface area contributed by atoms with E-state index in [0.29, 0.717) is 18.3 Å². The molecule has 2 aromatic carbocycles. The number of nitrogens with zero attached hydrogens (tertiary/aromatic N) is 1. The molecule has 0 aliphatic carbocycles. The van der Waals surface area contributed by atoms with Crippen LogP contribution in [0.2, 0.25) is 0 Å². The molecule has 1 N–H and O–H groups in total. The van der Waals surface area contributed by atoms with E-state index in [1.165, 1.54) is 5.56 Å². The van der Waals surface area contributed by atoms with E-state index in [-0.39, 0.29) is 5.92 Å². The van der Waals surface area contributed by atoms with Crippen molar-refractivity contribution >= 4 is 0 Å². The summed E-state index contributed by atoms with van der Waals surface area (Å²) in [6.45, 7) is 13.6. The van der Waals surface area contributed by atoms with Gasteiger partial charge < -0.3 is 14.6 Å². The fraction of sp³-hybridized carbons (Fsp3) is 0.571. The number of rotatable bonds is 11. The molecule has 0 spiro atoms. The summed E-state index contributed by atoms with van der Waals surface area (Å²) in [5, 5.41) is 12.3. The summed E-state index contributed by atoms with van der Waals surface area (Å²) in [5.41, 5.74) is 1.17. The number of hydrogen-bond acceptors (Lipinski definition) is 4. The minimum Gasteiger partial charge on any atom is -0.494 e. The number of benzene rings is 2. The van der Waals surface area contributed by atoms with Gasteiger partial charge in [-0.25, -0.2) is 0 Å². The van der Waals surface area contributed by atoms with Gasteiger partial charge in [0.1, 0.15) is 5.75 Å². The molecule has 4 heteroatoms. The van der Waals surface area contributed by atoms with Gasteiger partial charge in [0.15, 0.2) is 0 Å². The summed E-state index contributed by atoms with van der Waals surface area (Å²) in [6, 6.07) is 18.6. The van der Waals surface area contributed by atoms with Gasteiger partial charge in [0, 0.05) is 25.6 Å². The topological polar surface area (TPSA) is 41.9 Å². The molecule has 0 unspecified atom stereocenters. The zero-order valence-corrected chi connectivity index (χ0v) is 20.3. The van der Waals surface area contributed by atoms with Gasteiger partial charge in [0.05, 0.1) is 25.4 Å². The lowest BCUT2D eigenvalue weighted by molar-refractivity contribution is -0.0356. The van der Waals surface area contributed by atoms with Crippen molar-refractivity contribution in [3.63, 3.8) is 0 Å². The van der Waals surface area contributed by atoms with Gasteiger partial charge in [-0.05, 0) is 47.9 Å². The molecule has 3 rings (SSSR count). The van der Waals surface area contributed by atoms with Crippen LogP contribution in [0.3, 0.4) is 0 Å². The van der Waals surface area contributed by atoms with Gasteiger partial charge in [-0.3, -0.25) is 4.90 Å². The number of hydrogen-bond donors (Lipinski definition) is 1. The Morgan fingerprint density at radius 3 is 2.19 bits per heavy atom. The third-order valence-electron chi connectivity index (χ3n) is 6.36. The quantitative estimate of drug-likeness (QED) is 0.505. The SMILES string of the molecule is CC(C)CCOc1ccc([C@@](O)(CC(C)C)[C@@H](CN2CCOCC2)c2ccccc2)cc1. The first kappa shape index (κ1) is 24.8. The molecule has 2 aromatic rings. The van der Waals surface area contributed by atoms with Crippen LogP contribution in [0.5, 0.6) is 5.75 Å². The molecule has 1 heterocycles. The predicted octanol–water partition coefficient (Wildman–Crippen LogP) is 5.46. The van der Waals surface area contributed by atoms with Crippen molar-refractivity contribution in [3.8, 4) is 5.75 Å². The number of aliphatic hydroxyl groups is 1. The van der Waals surface area contributed by atoms with Crippen molar-refractivity contribution < 1.29 is 14.6 Å². The first-order valence-corrected chi connectivity index (χ1v) is 12.2. The van der Waals surface area contributed by atoms with Crippen molar-refractivity contribution in [1.29, 1.82) is 0 Å². The fourth-order valence-electron chi connectivity index (χ4n) is 4.60. The van der Waals surface area contributed by atoms with Crippen LogP contribution in [0, 0.1) is 11.8 Å². The third kappa shape index (κ3) is 6.81. The van der Waals surface area contributed by atoms with Crippen molar-refractivity contribution in [2.24, 2.45) is 11.8 Å². The first-order valence-electron chi connectivity index (χ1n) is 12.2. The van der Waals surface area contributed by atoms with Crippen molar-refractivity contribution in [2.45, 2.75) is 52.1 Å². The first-order chi connectivity index (χ1) is 15.4. The van der Waals surface area contributed by atoms with E-state index in [9.17, 15) is 5.11 Å². The summed E-state index contributed by atoms with van der Waals surface area (Å²) in [6.07, 6.45) is 1.74. The van der Waals surface area contributed by atoms with E-state index in [0.717, 1.165) is 57.2 Å². The molecule has 1 aliphatic heterocycles. The Bertz CT molecular complexity index is 784. The van der Waals surface area contributed by atoms with Gasteiger partial charge >= 0.3 is 0 Å². The fourth-order valence-corrected chi connectivity index (χ4v) is 4.60.